The molecule has 2 amide bonds. The highest BCUT2D eigenvalue weighted by atomic mass is 16.4. The minimum absolute atomic E-state index is 0.0399. The molecule has 1 rings (SSSR count). The number of urea groups is 1. The Balaban J connectivity index is 2.34. The fraction of sp³-hybridized carbons (Fsp3) is 0.600. The van der Waals surface area contributed by atoms with Gasteiger partial charge in [-0.25, -0.2) is 9.59 Å². The van der Waals surface area contributed by atoms with Gasteiger partial charge in [0.2, 0.25) is 0 Å². The highest BCUT2D eigenvalue weighted by Crippen LogP contribution is 2.09. The van der Waals surface area contributed by atoms with Gasteiger partial charge in [-0.05, 0) is 19.3 Å². The molecule has 2 atom stereocenters. The normalized spacial score (nSPS) is 21.2. The van der Waals surface area contributed by atoms with Gasteiger partial charge in [0.1, 0.15) is 0 Å². The maximum absolute atomic E-state index is 11.4. The Morgan fingerprint density at radius 1 is 1.44 bits per heavy atom. The molecule has 90 valence electrons. The van der Waals surface area contributed by atoms with Crippen LogP contribution in [0.15, 0.2) is 12.2 Å². The van der Waals surface area contributed by atoms with Crippen LogP contribution >= 0.6 is 0 Å². The van der Waals surface area contributed by atoms with Crippen molar-refractivity contribution in [1.82, 2.24) is 10.6 Å². The van der Waals surface area contributed by atoms with E-state index in [-0.39, 0.29) is 6.04 Å². The molecule has 0 aromatic carbocycles. The van der Waals surface area contributed by atoms with E-state index in [0.717, 1.165) is 19.3 Å². The largest absolute Gasteiger partial charge is 0.480 e. The van der Waals surface area contributed by atoms with Crippen LogP contribution in [-0.2, 0) is 4.79 Å². The maximum Gasteiger partial charge on any atom is 0.328 e. The molecule has 0 fully saturated rings. The van der Waals surface area contributed by atoms with Crippen molar-refractivity contribution in [2.24, 2.45) is 0 Å². The van der Waals surface area contributed by atoms with Crippen LogP contribution in [0.2, 0.25) is 0 Å². The Hall–Kier alpha value is -1.56. The summed E-state index contributed by atoms with van der Waals surface area (Å²) < 4.78 is 0. The van der Waals surface area contributed by atoms with Crippen molar-refractivity contribution in [1.29, 1.82) is 0 Å². The van der Waals surface area contributed by atoms with Crippen molar-refractivity contribution >= 4 is 12.0 Å². The van der Waals surface area contributed by atoms with Crippen LogP contribution in [0.5, 0.6) is 0 Å². The summed E-state index contributed by atoms with van der Waals surface area (Å²) >= 11 is 0. The summed E-state index contributed by atoms with van der Waals surface area (Å²) in [4.78, 5) is 21.9. The monoisotopic (exact) mass is 228 g/mol. The summed E-state index contributed by atoms with van der Waals surface area (Å²) in [5, 5.41) is 22.2. The number of carboxylic acid groups (broad SMARTS) is 1. The first-order valence-electron chi connectivity index (χ1n) is 5.19. The van der Waals surface area contributed by atoms with E-state index in [1.807, 2.05) is 12.2 Å². The second kappa shape index (κ2) is 6.12. The van der Waals surface area contributed by atoms with E-state index in [0.29, 0.717) is 0 Å². The number of aliphatic hydroxyl groups is 1. The molecule has 1 aliphatic carbocycles. The number of amides is 2. The van der Waals surface area contributed by atoms with Crippen LogP contribution in [0, 0.1) is 0 Å². The lowest BCUT2D eigenvalue weighted by Gasteiger charge is -2.20. The molecule has 6 heteroatoms. The number of carbonyl (C=O) groups excluding carboxylic acids is 1. The molecule has 0 spiro atoms. The summed E-state index contributed by atoms with van der Waals surface area (Å²) in [6.07, 6.45) is 6.54. The second-order valence-electron chi connectivity index (χ2n) is 3.67. The molecular formula is C10H16N2O4. The molecule has 0 saturated heterocycles. The summed E-state index contributed by atoms with van der Waals surface area (Å²) in [5.41, 5.74) is 0. The van der Waals surface area contributed by atoms with Crippen LogP contribution in [0.25, 0.3) is 0 Å². The number of allylic oxidation sites excluding steroid dienone is 1. The summed E-state index contributed by atoms with van der Waals surface area (Å²) in [6.45, 7) is -0.618. The second-order valence-corrected chi connectivity index (χ2v) is 3.67. The highest BCUT2D eigenvalue weighted by molar-refractivity contribution is 5.82. The van der Waals surface area contributed by atoms with Gasteiger partial charge in [0, 0.05) is 6.04 Å². The first kappa shape index (κ1) is 12.5. The molecule has 0 heterocycles. The quantitative estimate of drug-likeness (QED) is 0.502. The number of aliphatic carboxylic acids is 1. The number of carbonyl (C=O) groups is 2. The number of rotatable bonds is 4. The first-order chi connectivity index (χ1) is 7.63. The van der Waals surface area contributed by atoms with Crippen molar-refractivity contribution in [3.63, 3.8) is 0 Å². The topological polar surface area (TPSA) is 98.7 Å². The molecular weight excluding hydrogens is 212 g/mol. The number of aliphatic hydroxyl groups excluding tert-OH is 1. The van der Waals surface area contributed by atoms with E-state index >= 15 is 0 Å². The molecule has 1 unspecified atom stereocenters. The Labute approximate surface area is 93.3 Å². The van der Waals surface area contributed by atoms with Crippen molar-refractivity contribution in [2.45, 2.75) is 31.3 Å². The van der Waals surface area contributed by atoms with Gasteiger partial charge in [0.15, 0.2) is 6.04 Å². The third-order valence-corrected chi connectivity index (χ3v) is 2.39. The fourth-order valence-corrected chi connectivity index (χ4v) is 1.50. The average Bonchev–Trinajstić information content (AvgIpc) is 2.27. The van der Waals surface area contributed by atoms with Crippen molar-refractivity contribution in [3.8, 4) is 0 Å². The summed E-state index contributed by atoms with van der Waals surface area (Å²) in [7, 11) is 0. The molecule has 0 bridgehead atoms. The van der Waals surface area contributed by atoms with Gasteiger partial charge in [-0.2, -0.15) is 0 Å². The van der Waals surface area contributed by atoms with E-state index in [2.05, 4.69) is 10.6 Å². The zero-order valence-corrected chi connectivity index (χ0v) is 8.85. The van der Waals surface area contributed by atoms with Gasteiger partial charge in [0.25, 0.3) is 0 Å². The highest BCUT2D eigenvalue weighted by Gasteiger charge is 2.20. The Morgan fingerprint density at radius 2 is 2.19 bits per heavy atom. The number of hydrogen-bond donors (Lipinski definition) is 4. The summed E-state index contributed by atoms with van der Waals surface area (Å²) in [6, 6.07) is -1.76. The summed E-state index contributed by atoms with van der Waals surface area (Å²) in [5.74, 6) is -1.25. The van der Waals surface area contributed by atoms with E-state index in [1.165, 1.54) is 0 Å². The molecule has 0 aromatic heterocycles. The van der Waals surface area contributed by atoms with Gasteiger partial charge in [0.05, 0.1) is 6.61 Å². The lowest BCUT2D eigenvalue weighted by Crippen LogP contribution is -2.50. The minimum Gasteiger partial charge on any atom is -0.480 e. The molecule has 0 saturated carbocycles. The Morgan fingerprint density at radius 3 is 2.69 bits per heavy atom. The lowest BCUT2D eigenvalue weighted by atomic mass is 10.0. The smallest absolute Gasteiger partial charge is 0.328 e. The lowest BCUT2D eigenvalue weighted by molar-refractivity contribution is -0.140. The van der Waals surface area contributed by atoms with Gasteiger partial charge in [-0.15, -0.1) is 0 Å². The fourth-order valence-electron chi connectivity index (χ4n) is 1.50. The SMILES string of the molecule is O=C(NC1CC=CCC1)N[C@@H](CO)C(=O)O. The van der Waals surface area contributed by atoms with E-state index in [4.69, 9.17) is 10.2 Å². The predicted octanol–water partition coefficient (Wildman–Crippen LogP) is -0.160. The Bertz CT molecular complexity index is 291. The van der Waals surface area contributed by atoms with E-state index in [9.17, 15) is 9.59 Å². The standard InChI is InChI=1S/C10H16N2O4/c13-6-8(9(14)15)12-10(16)11-7-4-2-1-3-5-7/h1-2,7-8,13H,3-6H2,(H,14,15)(H2,11,12,16)/t7?,8-/m0/s1. The van der Waals surface area contributed by atoms with Crippen molar-refractivity contribution in [3.05, 3.63) is 12.2 Å². The predicted molar refractivity (Wildman–Crippen MR) is 57.0 cm³/mol. The van der Waals surface area contributed by atoms with Gasteiger partial charge >= 0.3 is 12.0 Å². The van der Waals surface area contributed by atoms with Crippen molar-refractivity contribution in [2.75, 3.05) is 6.61 Å². The minimum atomic E-state index is -1.25. The third-order valence-electron chi connectivity index (χ3n) is 2.39. The molecule has 16 heavy (non-hydrogen) atoms. The first-order valence-corrected chi connectivity index (χ1v) is 5.19. The van der Waals surface area contributed by atoms with Crippen LogP contribution in [-0.4, -0.2) is 40.9 Å². The van der Waals surface area contributed by atoms with Crippen molar-refractivity contribution < 1.29 is 19.8 Å². The van der Waals surface area contributed by atoms with Crippen LogP contribution in [0.4, 0.5) is 4.79 Å². The number of carboxylic acids is 1. The molecule has 4 N–H and O–H groups in total. The maximum atomic E-state index is 11.4. The third kappa shape index (κ3) is 3.90. The van der Waals surface area contributed by atoms with E-state index < -0.39 is 24.6 Å². The molecule has 1 aliphatic rings. The molecule has 0 aromatic rings. The van der Waals surface area contributed by atoms with Gasteiger partial charge < -0.3 is 20.8 Å². The number of nitrogens with one attached hydrogen (secondary N) is 2. The molecule has 0 radical (unpaired) electrons. The van der Waals surface area contributed by atoms with Gasteiger partial charge in [-0.3, -0.25) is 0 Å². The van der Waals surface area contributed by atoms with Crippen LogP contribution in [0.1, 0.15) is 19.3 Å². The molecule has 0 aliphatic heterocycles. The van der Waals surface area contributed by atoms with Crippen LogP contribution in [0.3, 0.4) is 0 Å². The zero-order chi connectivity index (χ0) is 12.0. The zero-order valence-electron chi connectivity index (χ0n) is 8.85. The number of hydrogen-bond acceptors (Lipinski definition) is 3. The average molecular weight is 228 g/mol. The van der Waals surface area contributed by atoms with Gasteiger partial charge in [-0.1, -0.05) is 12.2 Å². The Kier molecular flexibility index (Phi) is 4.78. The van der Waals surface area contributed by atoms with E-state index in [1.54, 1.807) is 0 Å². The molecule has 6 nitrogen and oxygen atoms in total. The van der Waals surface area contributed by atoms with Crippen LogP contribution < -0.4 is 10.6 Å².